The number of nitrogens with one attached hydrogen (secondary N) is 2. The van der Waals surface area contributed by atoms with E-state index in [9.17, 15) is 0 Å². The molecule has 0 bridgehead atoms. The summed E-state index contributed by atoms with van der Waals surface area (Å²) in [5.74, 6) is 2.89. The maximum absolute atomic E-state index is 4.36. The zero-order valence-corrected chi connectivity index (χ0v) is 19.8. The fraction of sp³-hybridized carbons (Fsp3) is 0.571. The molecule has 2 heterocycles. The summed E-state index contributed by atoms with van der Waals surface area (Å²) in [7, 11) is 1.80. The summed E-state index contributed by atoms with van der Waals surface area (Å²) in [5, 5.41) is 15.5. The van der Waals surface area contributed by atoms with Crippen LogP contribution in [0.15, 0.2) is 29.3 Å². The van der Waals surface area contributed by atoms with Gasteiger partial charge < -0.3 is 15.2 Å². The highest BCUT2D eigenvalue weighted by Gasteiger charge is 2.21. The van der Waals surface area contributed by atoms with Crippen LogP contribution in [0.4, 0.5) is 0 Å². The highest BCUT2D eigenvalue weighted by molar-refractivity contribution is 14.0. The Balaban J connectivity index is 0.00000280. The smallest absolute Gasteiger partial charge is 0.191 e. The van der Waals surface area contributed by atoms with Crippen molar-refractivity contribution in [3.05, 3.63) is 47.0 Å². The Morgan fingerprint density at radius 2 is 1.89 bits per heavy atom. The summed E-state index contributed by atoms with van der Waals surface area (Å²) in [5.41, 5.74) is 2.71. The first-order valence-corrected chi connectivity index (χ1v) is 9.98. The van der Waals surface area contributed by atoms with Crippen molar-refractivity contribution in [3.63, 3.8) is 0 Å². The average Bonchev–Trinajstić information content (AvgIpc) is 3.11. The van der Waals surface area contributed by atoms with E-state index in [1.807, 2.05) is 0 Å². The molecule has 0 amide bonds. The highest BCUT2D eigenvalue weighted by Crippen LogP contribution is 2.22. The molecule has 3 rings (SSSR count). The van der Waals surface area contributed by atoms with Crippen LogP contribution in [0.1, 0.15) is 56.4 Å². The predicted octanol–water partition coefficient (Wildman–Crippen LogP) is 3.44. The van der Waals surface area contributed by atoms with Gasteiger partial charge in [-0.15, -0.1) is 34.2 Å². The van der Waals surface area contributed by atoms with Crippen LogP contribution in [-0.2, 0) is 31.3 Å². The van der Waals surface area contributed by atoms with Gasteiger partial charge >= 0.3 is 0 Å². The molecule has 0 spiro atoms. The molecule has 0 atom stereocenters. The summed E-state index contributed by atoms with van der Waals surface area (Å²) >= 11 is 0. The van der Waals surface area contributed by atoms with Crippen LogP contribution < -0.4 is 10.6 Å². The van der Waals surface area contributed by atoms with Gasteiger partial charge in [0.25, 0.3) is 0 Å². The molecule has 6 nitrogen and oxygen atoms in total. The highest BCUT2D eigenvalue weighted by atomic mass is 127. The molecule has 1 aliphatic rings. The van der Waals surface area contributed by atoms with E-state index in [1.165, 1.54) is 24.0 Å². The van der Waals surface area contributed by atoms with E-state index >= 15 is 0 Å². The van der Waals surface area contributed by atoms with Gasteiger partial charge in [-0.2, -0.15) is 0 Å². The van der Waals surface area contributed by atoms with E-state index in [1.54, 1.807) is 7.05 Å². The van der Waals surface area contributed by atoms with E-state index in [-0.39, 0.29) is 29.4 Å². The standard InChI is InChI=1S/C21H32N6.HI/c1-5-16-9-11-17(12-10-16)21(2,3)15-24-20(22-4)23-14-19-26-25-18-8-6-7-13-27(18)19;/h9-12H,5-8,13-15H2,1-4H3,(H2,22,23,24);1H. The Morgan fingerprint density at radius 1 is 1.14 bits per heavy atom. The number of aromatic nitrogens is 3. The molecule has 2 N–H and O–H groups in total. The minimum Gasteiger partial charge on any atom is -0.356 e. The lowest BCUT2D eigenvalue weighted by Gasteiger charge is -2.27. The van der Waals surface area contributed by atoms with Crippen molar-refractivity contribution >= 4 is 29.9 Å². The van der Waals surface area contributed by atoms with E-state index in [0.717, 1.165) is 43.5 Å². The normalized spacial score (nSPS) is 14.2. The Morgan fingerprint density at radius 3 is 2.57 bits per heavy atom. The van der Waals surface area contributed by atoms with Gasteiger partial charge in [0.2, 0.25) is 0 Å². The van der Waals surface area contributed by atoms with Crippen molar-refractivity contribution < 1.29 is 0 Å². The van der Waals surface area contributed by atoms with Crippen LogP contribution in [0.2, 0.25) is 0 Å². The average molecular weight is 496 g/mol. The maximum atomic E-state index is 4.36. The lowest BCUT2D eigenvalue weighted by atomic mass is 9.84. The van der Waals surface area contributed by atoms with Crippen molar-refractivity contribution in [1.29, 1.82) is 0 Å². The molecule has 1 aromatic carbocycles. The number of aliphatic imine (C=N–C) groups is 1. The third kappa shape index (κ3) is 5.46. The second kappa shape index (κ2) is 10.2. The van der Waals surface area contributed by atoms with Gasteiger partial charge in [-0.25, -0.2) is 0 Å². The molecular formula is C21H33IN6. The van der Waals surface area contributed by atoms with E-state index < -0.39 is 0 Å². The number of nitrogens with zero attached hydrogens (tertiary/aromatic N) is 4. The molecule has 1 aliphatic heterocycles. The summed E-state index contributed by atoms with van der Waals surface area (Å²) in [6.07, 6.45) is 4.52. The molecule has 154 valence electrons. The minimum atomic E-state index is 0. The summed E-state index contributed by atoms with van der Waals surface area (Å²) in [6.45, 7) is 9.15. The summed E-state index contributed by atoms with van der Waals surface area (Å²) < 4.78 is 2.24. The number of rotatable bonds is 6. The fourth-order valence-corrected chi connectivity index (χ4v) is 3.48. The number of hydrogen-bond acceptors (Lipinski definition) is 3. The molecule has 0 fully saturated rings. The van der Waals surface area contributed by atoms with Gasteiger partial charge in [0.05, 0.1) is 6.54 Å². The Hall–Kier alpha value is -1.64. The van der Waals surface area contributed by atoms with Gasteiger partial charge in [-0.3, -0.25) is 4.99 Å². The quantitative estimate of drug-likeness (QED) is 0.366. The first-order chi connectivity index (χ1) is 13.0. The molecule has 28 heavy (non-hydrogen) atoms. The lowest BCUT2D eigenvalue weighted by Crippen LogP contribution is -2.43. The topological polar surface area (TPSA) is 67.1 Å². The Bertz CT molecular complexity index is 779. The van der Waals surface area contributed by atoms with Crippen molar-refractivity contribution in [2.24, 2.45) is 4.99 Å². The van der Waals surface area contributed by atoms with Crippen LogP contribution >= 0.6 is 24.0 Å². The molecule has 0 saturated carbocycles. The van der Waals surface area contributed by atoms with Crippen molar-refractivity contribution in [1.82, 2.24) is 25.4 Å². The second-order valence-electron chi connectivity index (χ2n) is 7.85. The largest absolute Gasteiger partial charge is 0.356 e. The number of aryl methyl sites for hydroxylation is 2. The number of hydrogen-bond donors (Lipinski definition) is 2. The number of benzene rings is 1. The van der Waals surface area contributed by atoms with Crippen LogP contribution in [0.5, 0.6) is 0 Å². The van der Waals surface area contributed by atoms with Crippen LogP contribution in [-0.4, -0.2) is 34.3 Å². The molecule has 0 unspecified atom stereocenters. The first-order valence-electron chi connectivity index (χ1n) is 9.98. The van der Waals surface area contributed by atoms with Crippen LogP contribution in [0.25, 0.3) is 0 Å². The monoisotopic (exact) mass is 496 g/mol. The molecule has 7 heteroatoms. The van der Waals surface area contributed by atoms with E-state index in [0.29, 0.717) is 6.54 Å². The number of halogens is 1. The molecule has 0 saturated heterocycles. The van der Waals surface area contributed by atoms with Crippen molar-refractivity contribution in [2.45, 2.75) is 65.0 Å². The van der Waals surface area contributed by atoms with Gasteiger partial charge in [0.15, 0.2) is 11.8 Å². The SMILES string of the molecule is CCc1ccc(C(C)(C)CNC(=NC)NCc2nnc3n2CCCC3)cc1.I. The van der Waals surface area contributed by atoms with Gasteiger partial charge in [0.1, 0.15) is 5.82 Å². The molecule has 0 radical (unpaired) electrons. The van der Waals surface area contributed by atoms with Crippen LogP contribution in [0.3, 0.4) is 0 Å². The van der Waals surface area contributed by atoms with Crippen molar-refractivity contribution in [3.8, 4) is 0 Å². The van der Waals surface area contributed by atoms with Gasteiger partial charge in [-0.05, 0) is 30.4 Å². The summed E-state index contributed by atoms with van der Waals surface area (Å²) in [6, 6.07) is 8.91. The number of fused-ring (bicyclic) bond motifs is 1. The zero-order chi connectivity index (χ0) is 19.3. The molecule has 1 aromatic heterocycles. The van der Waals surface area contributed by atoms with Crippen molar-refractivity contribution in [2.75, 3.05) is 13.6 Å². The molecular weight excluding hydrogens is 463 g/mol. The minimum absolute atomic E-state index is 0. The fourth-order valence-electron chi connectivity index (χ4n) is 3.48. The van der Waals surface area contributed by atoms with Crippen LogP contribution in [0, 0.1) is 0 Å². The third-order valence-electron chi connectivity index (χ3n) is 5.42. The number of guanidine groups is 1. The predicted molar refractivity (Wildman–Crippen MR) is 125 cm³/mol. The lowest BCUT2D eigenvalue weighted by molar-refractivity contribution is 0.498. The molecule has 0 aliphatic carbocycles. The van der Waals surface area contributed by atoms with Gasteiger partial charge in [-0.1, -0.05) is 45.0 Å². The second-order valence-corrected chi connectivity index (χ2v) is 7.85. The first kappa shape index (κ1) is 22.6. The molecule has 2 aromatic rings. The van der Waals surface area contributed by atoms with Gasteiger partial charge in [0, 0.05) is 32.0 Å². The summed E-state index contributed by atoms with van der Waals surface area (Å²) in [4.78, 5) is 4.36. The Kier molecular flexibility index (Phi) is 8.27. The van der Waals surface area contributed by atoms with E-state index in [4.69, 9.17) is 0 Å². The zero-order valence-electron chi connectivity index (χ0n) is 17.5. The Labute approximate surface area is 185 Å². The van der Waals surface area contributed by atoms with E-state index in [2.05, 4.69) is 75.4 Å². The maximum Gasteiger partial charge on any atom is 0.191 e. The third-order valence-corrected chi connectivity index (χ3v) is 5.42.